The highest BCUT2D eigenvalue weighted by molar-refractivity contribution is 6.23. The lowest BCUT2D eigenvalue weighted by molar-refractivity contribution is -0.135. The Kier molecular flexibility index (Phi) is 1.80. The highest BCUT2D eigenvalue weighted by atomic mass is 35.5. The normalized spacial score (nSPS) is 27.6. The number of rotatable bonds is 1. The first kappa shape index (κ1) is 7.34. The molecule has 0 aromatic heterocycles. The van der Waals surface area contributed by atoms with E-state index < -0.39 is 23.5 Å². The van der Waals surface area contributed by atoms with E-state index in [-0.39, 0.29) is 0 Å². The van der Waals surface area contributed by atoms with Gasteiger partial charge in [0.15, 0.2) is 0 Å². The van der Waals surface area contributed by atoms with Gasteiger partial charge in [0.1, 0.15) is 6.04 Å². The molecule has 1 N–H and O–H groups in total. The largest absolute Gasteiger partial charge is 0.415 e. The Morgan fingerprint density at radius 2 is 2.30 bits per heavy atom. The molecule has 5 heteroatoms. The number of cyclic esters (lactones) is 2. The van der Waals surface area contributed by atoms with Gasteiger partial charge in [0.25, 0.3) is 0 Å². The lowest BCUT2D eigenvalue weighted by Gasteiger charge is -2.05. The molecule has 1 heterocycles. The summed E-state index contributed by atoms with van der Waals surface area (Å²) in [6.45, 7) is 1.61. The summed E-state index contributed by atoms with van der Waals surface area (Å²) < 4.78 is 4.16. The molecule has 1 rings (SSSR count). The molecular formula is C5H6ClNO3. The first-order valence-electron chi connectivity index (χ1n) is 2.77. The van der Waals surface area contributed by atoms with Gasteiger partial charge in [-0.2, -0.15) is 0 Å². The molecule has 0 spiro atoms. The third-order valence-corrected chi connectivity index (χ3v) is 1.43. The van der Waals surface area contributed by atoms with Gasteiger partial charge < -0.3 is 10.1 Å². The Balaban J connectivity index is 2.63. The Labute approximate surface area is 62.5 Å². The summed E-state index contributed by atoms with van der Waals surface area (Å²) >= 11 is 5.53. The molecule has 1 fully saturated rings. The molecular weight excluding hydrogens is 158 g/mol. The Morgan fingerprint density at radius 1 is 1.70 bits per heavy atom. The first-order chi connectivity index (χ1) is 4.61. The van der Waals surface area contributed by atoms with Gasteiger partial charge in [0, 0.05) is 0 Å². The van der Waals surface area contributed by atoms with E-state index in [1.807, 2.05) is 0 Å². The number of ether oxygens (including phenoxy) is 1. The van der Waals surface area contributed by atoms with Crippen LogP contribution in [0.4, 0.5) is 4.79 Å². The van der Waals surface area contributed by atoms with Crippen LogP contribution < -0.4 is 5.32 Å². The van der Waals surface area contributed by atoms with E-state index in [0.29, 0.717) is 0 Å². The van der Waals surface area contributed by atoms with Crippen LogP contribution in [0.15, 0.2) is 0 Å². The zero-order valence-electron chi connectivity index (χ0n) is 5.26. The van der Waals surface area contributed by atoms with Gasteiger partial charge in [-0.3, -0.25) is 0 Å². The van der Waals surface area contributed by atoms with Crippen molar-refractivity contribution < 1.29 is 14.3 Å². The van der Waals surface area contributed by atoms with Gasteiger partial charge in [-0.15, -0.1) is 11.6 Å². The van der Waals surface area contributed by atoms with Crippen LogP contribution >= 0.6 is 11.6 Å². The monoisotopic (exact) mass is 163 g/mol. The maximum absolute atomic E-state index is 10.6. The summed E-state index contributed by atoms with van der Waals surface area (Å²) in [7, 11) is 0. The molecule has 2 atom stereocenters. The van der Waals surface area contributed by atoms with Crippen molar-refractivity contribution in [2.24, 2.45) is 0 Å². The van der Waals surface area contributed by atoms with Crippen LogP contribution in [0, 0.1) is 0 Å². The fraction of sp³-hybridized carbons (Fsp3) is 0.600. The molecule has 0 saturated carbocycles. The fourth-order valence-corrected chi connectivity index (χ4v) is 0.838. The van der Waals surface area contributed by atoms with Crippen molar-refractivity contribution in [2.45, 2.75) is 18.3 Å². The maximum Gasteiger partial charge on any atom is 0.415 e. The van der Waals surface area contributed by atoms with Crippen LogP contribution in [0.5, 0.6) is 0 Å². The fourth-order valence-electron chi connectivity index (χ4n) is 0.673. The zero-order valence-corrected chi connectivity index (χ0v) is 6.01. The third-order valence-electron chi connectivity index (χ3n) is 1.18. The second-order valence-electron chi connectivity index (χ2n) is 2.01. The van der Waals surface area contributed by atoms with E-state index in [1.165, 1.54) is 0 Å². The number of alkyl carbamates (subject to hydrolysis) is 1. The van der Waals surface area contributed by atoms with Crippen molar-refractivity contribution in [3.8, 4) is 0 Å². The van der Waals surface area contributed by atoms with E-state index in [4.69, 9.17) is 11.6 Å². The van der Waals surface area contributed by atoms with E-state index in [2.05, 4.69) is 10.1 Å². The van der Waals surface area contributed by atoms with Crippen LogP contribution in [-0.4, -0.2) is 23.5 Å². The summed E-state index contributed by atoms with van der Waals surface area (Å²) in [6.07, 6.45) is -0.720. The van der Waals surface area contributed by atoms with Gasteiger partial charge in [0.05, 0.1) is 5.38 Å². The van der Waals surface area contributed by atoms with E-state index in [9.17, 15) is 9.59 Å². The van der Waals surface area contributed by atoms with Crippen LogP contribution in [0.2, 0.25) is 0 Å². The SMILES string of the molecule is CC(Cl)C1NC(=O)OC1=O. The molecule has 0 radical (unpaired) electrons. The molecule has 1 aliphatic rings. The molecule has 2 unspecified atom stereocenters. The average molecular weight is 164 g/mol. The van der Waals surface area contributed by atoms with Gasteiger partial charge >= 0.3 is 12.1 Å². The topological polar surface area (TPSA) is 55.4 Å². The number of hydrogen-bond donors (Lipinski definition) is 1. The van der Waals surface area contributed by atoms with Crippen molar-refractivity contribution in [1.29, 1.82) is 0 Å². The predicted octanol–water partition coefficient (Wildman–Crippen LogP) is 0.249. The number of nitrogens with one attached hydrogen (secondary N) is 1. The van der Waals surface area contributed by atoms with Crippen LogP contribution in [0.1, 0.15) is 6.92 Å². The number of hydrogen-bond acceptors (Lipinski definition) is 3. The first-order valence-corrected chi connectivity index (χ1v) is 3.21. The molecule has 4 nitrogen and oxygen atoms in total. The van der Waals surface area contributed by atoms with Crippen LogP contribution in [0.3, 0.4) is 0 Å². The van der Waals surface area contributed by atoms with Gasteiger partial charge in [-0.05, 0) is 6.92 Å². The third kappa shape index (κ3) is 1.21. The summed E-state index contributed by atoms with van der Waals surface area (Å²) in [5, 5.41) is 1.83. The molecule has 0 bridgehead atoms. The van der Waals surface area contributed by atoms with Crippen molar-refractivity contribution in [3.63, 3.8) is 0 Å². The molecule has 0 aromatic rings. The Hall–Kier alpha value is -0.770. The van der Waals surface area contributed by atoms with Gasteiger partial charge in [-0.25, -0.2) is 9.59 Å². The molecule has 56 valence electrons. The summed E-state index contributed by atoms with van der Waals surface area (Å²) in [6, 6.07) is -0.686. The highest BCUT2D eigenvalue weighted by Crippen LogP contribution is 2.08. The lowest BCUT2D eigenvalue weighted by atomic mass is 10.2. The summed E-state index contributed by atoms with van der Waals surface area (Å²) in [5.74, 6) is -0.604. The summed E-state index contributed by atoms with van der Waals surface area (Å²) in [5.41, 5.74) is 0. The zero-order chi connectivity index (χ0) is 7.72. The van der Waals surface area contributed by atoms with Crippen molar-refractivity contribution in [2.75, 3.05) is 0 Å². The lowest BCUT2D eigenvalue weighted by Crippen LogP contribution is -2.35. The molecule has 10 heavy (non-hydrogen) atoms. The van der Waals surface area contributed by atoms with E-state index in [1.54, 1.807) is 6.92 Å². The van der Waals surface area contributed by atoms with E-state index >= 15 is 0 Å². The average Bonchev–Trinajstić information content (AvgIpc) is 2.10. The summed E-state index contributed by atoms with van der Waals surface area (Å²) in [4.78, 5) is 21.0. The second-order valence-corrected chi connectivity index (χ2v) is 2.70. The molecule has 1 amide bonds. The Morgan fingerprint density at radius 3 is 2.50 bits per heavy atom. The van der Waals surface area contributed by atoms with Crippen LogP contribution in [0.25, 0.3) is 0 Å². The minimum absolute atomic E-state index is 0.432. The van der Waals surface area contributed by atoms with Crippen molar-refractivity contribution in [1.82, 2.24) is 5.32 Å². The maximum atomic E-state index is 10.6. The molecule has 0 aromatic carbocycles. The smallest absolute Gasteiger partial charge is 0.375 e. The van der Waals surface area contributed by atoms with Crippen molar-refractivity contribution in [3.05, 3.63) is 0 Å². The van der Waals surface area contributed by atoms with Gasteiger partial charge in [0.2, 0.25) is 0 Å². The quantitative estimate of drug-likeness (QED) is 0.343. The standard InChI is InChI=1S/C5H6ClNO3/c1-2(6)3-4(8)10-5(9)7-3/h2-3H,1H3,(H,7,9). The number of carbonyl (C=O) groups is 2. The number of carbonyl (C=O) groups excluding carboxylic acids is 2. The molecule has 1 saturated heterocycles. The number of esters is 1. The number of alkyl halides is 1. The molecule has 0 aliphatic carbocycles. The predicted molar refractivity (Wildman–Crippen MR) is 33.7 cm³/mol. The van der Waals surface area contributed by atoms with Gasteiger partial charge in [-0.1, -0.05) is 0 Å². The van der Waals surface area contributed by atoms with E-state index in [0.717, 1.165) is 0 Å². The van der Waals surface area contributed by atoms with Crippen molar-refractivity contribution >= 4 is 23.7 Å². The number of halogens is 1. The number of amides is 1. The Bertz CT molecular complexity index is 180. The minimum atomic E-state index is -0.720. The second kappa shape index (κ2) is 2.46. The highest BCUT2D eigenvalue weighted by Gasteiger charge is 2.35. The van der Waals surface area contributed by atoms with Crippen LogP contribution in [-0.2, 0) is 9.53 Å². The molecule has 1 aliphatic heterocycles. The minimum Gasteiger partial charge on any atom is -0.375 e.